The van der Waals surface area contributed by atoms with Gasteiger partial charge in [0.25, 0.3) is 5.91 Å². The molecule has 6 heteroatoms. The molecule has 0 spiro atoms. The maximum atomic E-state index is 12.8. The first-order chi connectivity index (χ1) is 11.1. The van der Waals surface area contributed by atoms with Gasteiger partial charge < -0.3 is 14.4 Å². The van der Waals surface area contributed by atoms with E-state index in [2.05, 4.69) is 10.4 Å². The molecule has 0 aromatic carbocycles. The molecule has 0 radical (unpaired) electrons. The summed E-state index contributed by atoms with van der Waals surface area (Å²) in [4.78, 5) is 19.4. The number of piperidine rings is 1. The second-order valence-electron chi connectivity index (χ2n) is 6.48. The minimum absolute atomic E-state index is 0.0838. The van der Waals surface area contributed by atoms with Crippen LogP contribution in [0.25, 0.3) is 0 Å². The van der Waals surface area contributed by atoms with E-state index >= 15 is 0 Å². The molecule has 3 rings (SSSR count). The van der Waals surface area contributed by atoms with E-state index in [0.29, 0.717) is 6.61 Å². The second-order valence-corrected chi connectivity index (χ2v) is 7.37. The van der Waals surface area contributed by atoms with Gasteiger partial charge >= 0.3 is 0 Å². The number of aromatic nitrogens is 1. The number of hydrogen-bond acceptors (Lipinski definition) is 5. The summed E-state index contributed by atoms with van der Waals surface area (Å²) in [5.74, 6) is 0.0838. The van der Waals surface area contributed by atoms with Crippen LogP contribution in [0.1, 0.15) is 55.8 Å². The van der Waals surface area contributed by atoms with Crippen LogP contribution in [-0.4, -0.2) is 47.8 Å². The molecule has 0 bridgehead atoms. The van der Waals surface area contributed by atoms with E-state index in [-0.39, 0.29) is 18.1 Å². The van der Waals surface area contributed by atoms with Gasteiger partial charge in [-0.1, -0.05) is 0 Å². The van der Waals surface area contributed by atoms with Crippen LogP contribution in [-0.2, 0) is 14.3 Å². The highest BCUT2D eigenvalue weighted by Crippen LogP contribution is 2.33. The highest BCUT2D eigenvalue weighted by molar-refractivity contribution is 7.09. The van der Waals surface area contributed by atoms with Gasteiger partial charge in [0, 0.05) is 24.2 Å². The Hall–Kier alpha value is -0.980. The fourth-order valence-corrected chi connectivity index (χ4v) is 4.25. The Labute approximate surface area is 142 Å². The van der Waals surface area contributed by atoms with Crippen LogP contribution in [0.3, 0.4) is 0 Å². The second kappa shape index (κ2) is 7.73. The molecule has 5 nitrogen and oxygen atoms in total. The lowest BCUT2D eigenvalue weighted by molar-refractivity contribution is -0.148. The number of carbonyl (C=O) groups is 1. The maximum absolute atomic E-state index is 12.8. The first kappa shape index (κ1) is 16.9. The molecule has 2 fully saturated rings. The Balaban J connectivity index is 1.60. The van der Waals surface area contributed by atoms with Gasteiger partial charge in [-0.25, -0.2) is 4.98 Å². The van der Waals surface area contributed by atoms with E-state index in [9.17, 15) is 4.79 Å². The number of hydrogen-bond donors (Lipinski definition) is 0. The van der Waals surface area contributed by atoms with Crippen LogP contribution in [0.2, 0.25) is 0 Å². The molecule has 0 saturated carbocycles. The lowest BCUT2D eigenvalue weighted by atomic mass is 10.0. The van der Waals surface area contributed by atoms with E-state index in [0.717, 1.165) is 56.0 Å². The lowest BCUT2D eigenvalue weighted by Crippen LogP contribution is -2.44. The van der Waals surface area contributed by atoms with Crippen molar-refractivity contribution in [1.29, 1.82) is 0 Å². The number of aryl methyl sites for hydroxylation is 1. The van der Waals surface area contributed by atoms with E-state index in [1.54, 1.807) is 11.3 Å². The van der Waals surface area contributed by atoms with Gasteiger partial charge in [0.1, 0.15) is 11.1 Å². The summed E-state index contributed by atoms with van der Waals surface area (Å²) in [6.45, 7) is 5.99. The van der Waals surface area contributed by atoms with E-state index in [1.807, 2.05) is 18.7 Å². The molecule has 2 aliphatic rings. The first-order valence-electron chi connectivity index (χ1n) is 8.61. The predicted octanol–water partition coefficient (Wildman–Crippen LogP) is 3.09. The summed E-state index contributed by atoms with van der Waals surface area (Å²) < 4.78 is 11.4. The smallest absolute Gasteiger partial charge is 0.252 e. The molecule has 1 aromatic rings. The van der Waals surface area contributed by atoms with Gasteiger partial charge in [-0.05, 0) is 46.0 Å². The van der Waals surface area contributed by atoms with Crippen LogP contribution in [0.4, 0.5) is 0 Å². The average Bonchev–Trinajstić information content (AvgIpc) is 3.23. The van der Waals surface area contributed by atoms with Crippen LogP contribution >= 0.6 is 11.3 Å². The zero-order valence-corrected chi connectivity index (χ0v) is 14.8. The van der Waals surface area contributed by atoms with Crippen molar-refractivity contribution in [2.75, 3.05) is 19.8 Å². The molecule has 128 valence electrons. The molecule has 2 saturated heterocycles. The number of likely N-dealkylation sites (tertiary alicyclic amines) is 1. The summed E-state index contributed by atoms with van der Waals surface area (Å²) in [5.41, 5.74) is 1.03. The number of thiazole rings is 1. The third-order valence-corrected chi connectivity index (χ3v) is 5.68. The van der Waals surface area contributed by atoms with Gasteiger partial charge in [0.2, 0.25) is 0 Å². The van der Waals surface area contributed by atoms with Crippen molar-refractivity contribution in [2.45, 2.75) is 64.2 Å². The normalized spacial score (nSPS) is 26.4. The number of ether oxygens (including phenoxy) is 2. The minimum atomic E-state index is -0.416. The Morgan fingerprint density at radius 3 is 3.04 bits per heavy atom. The molecule has 1 aromatic heterocycles. The SMILES string of the molecule is Cc1csc([C@@H]2CCCCN2C(=O)[C@H](C)OC[C@@H]2CCCO2)n1. The third-order valence-electron chi connectivity index (χ3n) is 4.61. The lowest BCUT2D eigenvalue weighted by Gasteiger charge is -2.36. The number of carbonyl (C=O) groups excluding carboxylic acids is 1. The molecule has 0 aliphatic carbocycles. The van der Waals surface area contributed by atoms with Crippen molar-refractivity contribution in [2.24, 2.45) is 0 Å². The fourth-order valence-electron chi connectivity index (χ4n) is 3.31. The summed E-state index contributed by atoms with van der Waals surface area (Å²) in [5, 5.41) is 3.12. The Kier molecular flexibility index (Phi) is 5.67. The quantitative estimate of drug-likeness (QED) is 0.828. The van der Waals surface area contributed by atoms with Crippen molar-refractivity contribution in [1.82, 2.24) is 9.88 Å². The van der Waals surface area contributed by atoms with E-state index < -0.39 is 6.10 Å². The maximum Gasteiger partial charge on any atom is 0.252 e. The van der Waals surface area contributed by atoms with Crippen molar-refractivity contribution in [3.63, 3.8) is 0 Å². The van der Waals surface area contributed by atoms with E-state index in [4.69, 9.17) is 9.47 Å². The van der Waals surface area contributed by atoms with Crippen LogP contribution in [0.5, 0.6) is 0 Å². The number of amides is 1. The monoisotopic (exact) mass is 338 g/mol. The molecule has 23 heavy (non-hydrogen) atoms. The highest BCUT2D eigenvalue weighted by atomic mass is 32.1. The van der Waals surface area contributed by atoms with Gasteiger partial charge in [-0.3, -0.25) is 4.79 Å². The summed E-state index contributed by atoms with van der Waals surface area (Å²) >= 11 is 1.66. The predicted molar refractivity (Wildman–Crippen MR) is 89.5 cm³/mol. The zero-order valence-electron chi connectivity index (χ0n) is 14.0. The highest BCUT2D eigenvalue weighted by Gasteiger charge is 2.33. The molecular weight excluding hydrogens is 312 g/mol. The number of rotatable bonds is 5. The standard InChI is InChI=1S/C17H26N2O3S/c1-12-11-23-16(18-12)15-7-3-4-8-19(15)17(20)13(2)22-10-14-6-5-9-21-14/h11,13-15H,3-10H2,1-2H3/t13-,14-,15-/m0/s1. The van der Waals surface area contributed by atoms with Gasteiger partial charge in [0.05, 0.1) is 18.8 Å². The molecular formula is C17H26N2O3S. The minimum Gasteiger partial charge on any atom is -0.376 e. The van der Waals surface area contributed by atoms with Crippen molar-refractivity contribution < 1.29 is 14.3 Å². The average molecular weight is 338 g/mol. The molecule has 2 aliphatic heterocycles. The summed E-state index contributed by atoms with van der Waals surface area (Å²) in [6.07, 6.45) is 5.07. The van der Waals surface area contributed by atoms with Crippen LogP contribution in [0.15, 0.2) is 5.38 Å². The fraction of sp³-hybridized carbons (Fsp3) is 0.765. The topological polar surface area (TPSA) is 51.7 Å². The van der Waals surface area contributed by atoms with Gasteiger partial charge in [-0.2, -0.15) is 0 Å². The van der Waals surface area contributed by atoms with Crippen molar-refractivity contribution >= 4 is 17.2 Å². The molecule has 3 heterocycles. The molecule has 0 unspecified atom stereocenters. The Morgan fingerprint density at radius 1 is 1.48 bits per heavy atom. The van der Waals surface area contributed by atoms with E-state index in [1.165, 1.54) is 0 Å². The summed E-state index contributed by atoms with van der Waals surface area (Å²) in [6, 6.07) is 0.115. The van der Waals surface area contributed by atoms with Crippen molar-refractivity contribution in [3.05, 3.63) is 16.1 Å². The largest absolute Gasteiger partial charge is 0.376 e. The molecule has 0 N–H and O–H groups in total. The number of nitrogens with zero attached hydrogens (tertiary/aromatic N) is 2. The zero-order chi connectivity index (χ0) is 16.2. The van der Waals surface area contributed by atoms with Gasteiger partial charge in [0.15, 0.2) is 0 Å². The Bertz CT molecular complexity index is 528. The van der Waals surface area contributed by atoms with Crippen LogP contribution < -0.4 is 0 Å². The molecule has 3 atom stereocenters. The summed E-state index contributed by atoms with van der Waals surface area (Å²) in [7, 11) is 0. The van der Waals surface area contributed by atoms with Crippen LogP contribution in [0, 0.1) is 6.92 Å². The van der Waals surface area contributed by atoms with Gasteiger partial charge in [-0.15, -0.1) is 11.3 Å². The Morgan fingerprint density at radius 2 is 2.35 bits per heavy atom. The first-order valence-corrected chi connectivity index (χ1v) is 9.49. The molecule has 1 amide bonds. The van der Waals surface area contributed by atoms with Crippen molar-refractivity contribution in [3.8, 4) is 0 Å². The third kappa shape index (κ3) is 4.11.